The van der Waals surface area contributed by atoms with Gasteiger partial charge in [-0.25, -0.2) is 4.39 Å². The minimum Gasteiger partial charge on any atom is -0.370 e. The lowest BCUT2D eigenvalue weighted by Gasteiger charge is -2.40. The number of halogens is 1. The van der Waals surface area contributed by atoms with Gasteiger partial charge in [-0.05, 0) is 59.8 Å². The van der Waals surface area contributed by atoms with Gasteiger partial charge in [-0.3, -0.25) is 9.69 Å². The average Bonchev–Trinajstić information content (AvgIpc) is 2.55. The van der Waals surface area contributed by atoms with Gasteiger partial charge in [-0.15, -0.1) is 0 Å². The summed E-state index contributed by atoms with van der Waals surface area (Å²) in [4.78, 5) is 16.3. The lowest BCUT2D eigenvalue weighted by molar-refractivity contribution is -0.139. The Morgan fingerprint density at radius 2 is 1.81 bits per heavy atom. The van der Waals surface area contributed by atoms with E-state index in [1.807, 2.05) is 39.5 Å². The number of piperidine rings is 2. The van der Waals surface area contributed by atoms with E-state index < -0.39 is 6.17 Å². The molecule has 26 heavy (non-hydrogen) atoms. The van der Waals surface area contributed by atoms with Gasteiger partial charge in [-0.2, -0.15) is 0 Å². The summed E-state index contributed by atoms with van der Waals surface area (Å²) in [6.45, 7) is 13.8. The summed E-state index contributed by atoms with van der Waals surface area (Å²) in [5.41, 5.74) is -0.296. The Kier molecular flexibility index (Phi) is 7.86. The van der Waals surface area contributed by atoms with Crippen molar-refractivity contribution in [2.75, 3.05) is 39.3 Å². The number of rotatable bonds is 6. The van der Waals surface area contributed by atoms with Crippen LogP contribution in [0.1, 0.15) is 53.9 Å². The van der Waals surface area contributed by atoms with Crippen molar-refractivity contribution >= 4 is 5.91 Å². The van der Waals surface area contributed by atoms with E-state index in [1.165, 1.54) is 0 Å². The van der Waals surface area contributed by atoms with Gasteiger partial charge in [0.15, 0.2) is 0 Å². The number of ether oxygens (including phenoxy) is 2. The van der Waals surface area contributed by atoms with E-state index in [2.05, 4.69) is 4.90 Å². The van der Waals surface area contributed by atoms with Crippen molar-refractivity contribution in [1.29, 1.82) is 0 Å². The van der Waals surface area contributed by atoms with Crippen LogP contribution in [0, 0.1) is 5.92 Å². The van der Waals surface area contributed by atoms with Gasteiger partial charge in [-0.1, -0.05) is 0 Å². The van der Waals surface area contributed by atoms with Gasteiger partial charge in [0.25, 0.3) is 0 Å². The quantitative estimate of drug-likeness (QED) is 0.719. The third kappa shape index (κ3) is 7.12. The summed E-state index contributed by atoms with van der Waals surface area (Å²) in [5.74, 6) is 0.624. The highest BCUT2D eigenvalue weighted by molar-refractivity contribution is 5.77. The van der Waals surface area contributed by atoms with Crippen LogP contribution in [0.25, 0.3) is 0 Å². The molecule has 0 radical (unpaired) electrons. The minimum atomic E-state index is -0.919. The zero-order valence-corrected chi connectivity index (χ0v) is 17.2. The maximum Gasteiger partial charge on any atom is 0.248 e. The summed E-state index contributed by atoms with van der Waals surface area (Å²) >= 11 is 0. The Hall–Kier alpha value is -0.720. The van der Waals surface area contributed by atoms with Crippen molar-refractivity contribution in [1.82, 2.24) is 9.80 Å². The van der Waals surface area contributed by atoms with Crippen LogP contribution in [0.15, 0.2) is 0 Å². The van der Waals surface area contributed by atoms with E-state index in [0.717, 1.165) is 45.4 Å². The molecule has 5 nitrogen and oxygen atoms in total. The van der Waals surface area contributed by atoms with E-state index in [4.69, 9.17) is 9.47 Å². The molecule has 0 saturated carbocycles. The second kappa shape index (κ2) is 9.47. The molecule has 1 amide bonds. The zero-order valence-electron chi connectivity index (χ0n) is 17.2. The highest BCUT2D eigenvalue weighted by Gasteiger charge is 2.34. The van der Waals surface area contributed by atoms with Gasteiger partial charge in [0.05, 0.1) is 17.8 Å². The second-order valence-electron chi connectivity index (χ2n) is 9.02. The van der Waals surface area contributed by atoms with E-state index in [0.29, 0.717) is 12.5 Å². The van der Waals surface area contributed by atoms with Crippen molar-refractivity contribution in [2.45, 2.75) is 77.9 Å². The lowest BCUT2D eigenvalue weighted by atomic mass is 9.94. The first-order chi connectivity index (χ1) is 12.1. The first-order valence-electron chi connectivity index (χ1n) is 10.1. The molecule has 2 fully saturated rings. The highest BCUT2D eigenvalue weighted by Crippen LogP contribution is 2.25. The molecule has 0 spiro atoms. The fourth-order valence-electron chi connectivity index (χ4n) is 3.76. The molecule has 0 N–H and O–H groups in total. The summed E-state index contributed by atoms with van der Waals surface area (Å²) in [6, 6.07) is 0. The number of carbonyl (C=O) groups is 1. The average molecular weight is 373 g/mol. The van der Waals surface area contributed by atoms with Crippen LogP contribution in [0.4, 0.5) is 4.39 Å². The van der Waals surface area contributed by atoms with Crippen LogP contribution in [0.3, 0.4) is 0 Å². The Labute approximate surface area is 158 Å². The Bertz CT molecular complexity index is 445. The molecule has 0 aromatic rings. The molecule has 2 heterocycles. The van der Waals surface area contributed by atoms with Crippen LogP contribution >= 0.6 is 0 Å². The third-order valence-corrected chi connectivity index (χ3v) is 5.09. The molecule has 0 aliphatic carbocycles. The summed E-state index contributed by atoms with van der Waals surface area (Å²) < 4.78 is 25.7. The van der Waals surface area contributed by atoms with Crippen LogP contribution in [-0.2, 0) is 14.3 Å². The van der Waals surface area contributed by atoms with E-state index in [-0.39, 0.29) is 30.3 Å². The molecular formula is C20H37FN2O3. The number of hydrogen-bond acceptors (Lipinski definition) is 4. The summed E-state index contributed by atoms with van der Waals surface area (Å²) in [6.07, 6.45) is 1.60. The SMILES string of the molecule is CC(C)OCC(=O)N1CCC(CN2CCC(OC(C)(C)C)C(F)C2)CC1. The monoisotopic (exact) mass is 372 g/mol. The smallest absolute Gasteiger partial charge is 0.248 e. The molecule has 0 bridgehead atoms. The van der Waals surface area contributed by atoms with Gasteiger partial charge >= 0.3 is 0 Å². The zero-order chi connectivity index (χ0) is 19.3. The van der Waals surface area contributed by atoms with Gasteiger partial charge in [0, 0.05) is 32.7 Å². The van der Waals surface area contributed by atoms with Crippen LogP contribution in [0.5, 0.6) is 0 Å². The van der Waals surface area contributed by atoms with Crippen molar-refractivity contribution < 1.29 is 18.7 Å². The molecule has 152 valence electrons. The predicted molar refractivity (Wildman–Crippen MR) is 101 cm³/mol. The largest absolute Gasteiger partial charge is 0.370 e. The Morgan fingerprint density at radius 3 is 2.35 bits per heavy atom. The van der Waals surface area contributed by atoms with E-state index in [9.17, 15) is 9.18 Å². The highest BCUT2D eigenvalue weighted by atomic mass is 19.1. The van der Waals surface area contributed by atoms with Crippen molar-refractivity contribution in [3.63, 3.8) is 0 Å². The standard InChI is InChI=1S/C20H37FN2O3/c1-15(2)25-14-19(24)23-10-6-16(7-11-23)12-22-9-8-18(17(21)13-22)26-20(3,4)5/h15-18H,6-14H2,1-5H3. The van der Waals surface area contributed by atoms with Gasteiger partial charge < -0.3 is 14.4 Å². The Morgan fingerprint density at radius 1 is 1.15 bits per heavy atom. The lowest BCUT2D eigenvalue weighted by Crippen LogP contribution is -2.50. The van der Waals surface area contributed by atoms with E-state index in [1.54, 1.807) is 0 Å². The second-order valence-corrected chi connectivity index (χ2v) is 9.02. The number of amides is 1. The van der Waals surface area contributed by atoms with Gasteiger partial charge in [0.2, 0.25) is 5.91 Å². The number of carbonyl (C=O) groups excluding carboxylic acids is 1. The molecule has 0 aromatic heterocycles. The number of hydrogen-bond donors (Lipinski definition) is 0. The summed E-state index contributed by atoms with van der Waals surface area (Å²) in [7, 11) is 0. The first-order valence-corrected chi connectivity index (χ1v) is 10.1. The van der Waals surface area contributed by atoms with Crippen molar-refractivity contribution in [2.24, 2.45) is 5.92 Å². The summed E-state index contributed by atoms with van der Waals surface area (Å²) in [5, 5.41) is 0. The molecule has 0 aromatic carbocycles. The fourth-order valence-corrected chi connectivity index (χ4v) is 3.76. The topological polar surface area (TPSA) is 42.0 Å². The normalized spacial score (nSPS) is 26.5. The first kappa shape index (κ1) is 21.6. The minimum absolute atomic E-state index is 0.0790. The van der Waals surface area contributed by atoms with Crippen LogP contribution in [-0.4, -0.2) is 79.0 Å². The molecule has 2 aliphatic rings. The maximum atomic E-state index is 14.5. The molecule has 2 unspecified atom stereocenters. The molecule has 2 saturated heterocycles. The molecule has 2 aliphatic heterocycles. The van der Waals surface area contributed by atoms with Crippen LogP contribution in [0.2, 0.25) is 0 Å². The number of alkyl halides is 1. The molecular weight excluding hydrogens is 335 g/mol. The molecule has 2 atom stereocenters. The predicted octanol–water partition coefficient (Wildman–Crippen LogP) is 2.88. The number of likely N-dealkylation sites (tertiary alicyclic amines) is 2. The fraction of sp³-hybridized carbons (Fsp3) is 0.950. The Balaban J connectivity index is 1.69. The maximum absolute atomic E-state index is 14.5. The van der Waals surface area contributed by atoms with Crippen LogP contribution < -0.4 is 0 Å². The molecule has 2 rings (SSSR count). The van der Waals surface area contributed by atoms with Crippen molar-refractivity contribution in [3.05, 3.63) is 0 Å². The molecule has 6 heteroatoms. The van der Waals surface area contributed by atoms with Crippen molar-refractivity contribution in [3.8, 4) is 0 Å². The van der Waals surface area contributed by atoms with E-state index >= 15 is 0 Å². The van der Waals surface area contributed by atoms with Gasteiger partial charge in [0.1, 0.15) is 12.8 Å². The third-order valence-electron chi connectivity index (χ3n) is 5.09. The number of nitrogens with zero attached hydrogens (tertiary/aromatic N) is 2.